The number of rotatable bonds is 6. The second-order valence-electron chi connectivity index (χ2n) is 5.55. The molecule has 26 heavy (non-hydrogen) atoms. The summed E-state index contributed by atoms with van der Waals surface area (Å²) < 4.78 is 9.97. The number of carbonyl (C=O) groups excluding carboxylic acids is 2. The maximum atomic E-state index is 12.3. The molecule has 2 aromatic rings. The number of ether oxygens (including phenoxy) is 2. The lowest BCUT2D eigenvalue weighted by atomic mass is 10.2. The monoisotopic (exact) mass is 358 g/mol. The van der Waals surface area contributed by atoms with Crippen LogP contribution in [0.15, 0.2) is 42.5 Å². The van der Waals surface area contributed by atoms with Crippen LogP contribution in [-0.2, 0) is 9.53 Å². The van der Waals surface area contributed by atoms with Gasteiger partial charge in [-0.2, -0.15) is 0 Å². The predicted octanol–water partition coefficient (Wildman–Crippen LogP) is 3.10. The van der Waals surface area contributed by atoms with Crippen LogP contribution >= 0.6 is 0 Å². The van der Waals surface area contributed by atoms with Gasteiger partial charge in [0.25, 0.3) is 5.91 Å². The second-order valence-corrected chi connectivity index (χ2v) is 5.55. The standard InChI is InChI=1S/C18H18N2O6/c1-11-5-4-6-14(9-11)19-17(21)12(2)26-16-8-7-13(18(22)25-3)10-15(16)20(23)24/h4-10,12H,1-3H3,(H,19,21)/t12-/m0/s1. The van der Waals surface area contributed by atoms with Crippen molar-refractivity contribution in [1.82, 2.24) is 0 Å². The van der Waals surface area contributed by atoms with Crippen LogP contribution in [0, 0.1) is 17.0 Å². The lowest BCUT2D eigenvalue weighted by Crippen LogP contribution is -2.30. The van der Waals surface area contributed by atoms with Crippen molar-refractivity contribution in [3.8, 4) is 5.75 Å². The van der Waals surface area contributed by atoms with Crippen LogP contribution < -0.4 is 10.1 Å². The first-order chi connectivity index (χ1) is 12.3. The van der Waals surface area contributed by atoms with E-state index < -0.39 is 28.6 Å². The molecule has 2 rings (SSSR count). The van der Waals surface area contributed by atoms with E-state index >= 15 is 0 Å². The zero-order valence-electron chi connectivity index (χ0n) is 14.5. The Labute approximate surface area is 149 Å². The summed E-state index contributed by atoms with van der Waals surface area (Å²) in [5.74, 6) is -1.28. The molecule has 0 heterocycles. The number of carbonyl (C=O) groups is 2. The molecule has 136 valence electrons. The molecule has 0 aliphatic carbocycles. The van der Waals surface area contributed by atoms with E-state index in [2.05, 4.69) is 10.1 Å². The first-order valence-corrected chi connectivity index (χ1v) is 7.72. The highest BCUT2D eigenvalue weighted by Crippen LogP contribution is 2.29. The van der Waals surface area contributed by atoms with E-state index in [0.717, 1.165) is 11.6 Å². The minimum absolute atomic E-state index is 0.0171. The van der Waals surface area contributed by atoms with Crippen LogP contribution in [0.4, 0.5) is 11.4 Å². The molecule has 1 amide bonds. The molecule has 0 spiro atoms. The molecule has 1 N–H and O–H groups in total. The molecule has 0 unspecified atom stereocenters. The van der Waals surface area contributed by atoms with Crippen LogP contribution in [0.25, 0.3) is 0 Å². The van der Waals surface area contributed by atoms with Gasteiger partial charge in [-0.05, 0) is 43.7 Å². The Bertz CT molecular complexity index is 849. The van der Waals surface area contributed by atoms with E-state index in [4.69, 9.17) is 4.74 Å². The maximum absolute atomic E-state index is 12.3. The van der Waals surface area contributed by atoms with Crippen LogP contribution in [0.1, 0.15) is 22.8 Å². The fraction of sp³-hybridized carbons (Fsp3) is 0.222. The molecular formula is C18H18N2O6. The van der Waals surface area contributed by atoms with Gasteiger partial charge in [-0.25, -0.2) is 4.79 Å². The van der Waals surface area contributed by atoms with Crippen molar-refractivity contribution in [2.24, 2.45) is 0 Å². The van der Waals surface area contributed by atoms with Crippen molar-refractivity contribution in [2.75, 3.05) is 12.4 Å². The number of nitro groups is 1. The fourth-order valence-corrected chi connectivity index (χ4v) is 2.22. The van der Waals surface area contributed by atoms with Gasteiger partial charge in [-0.3, -0.25) is 14.9 Å². The highest BCUT2D eigenvalue weighted by Gasteiger charge is 2.23. The zero-order chi connectivity index (χ0) is 19.3. The minimum atomic E-state index is -0.988. The normalized spacial score (nSPS) is 11.3. The fourth-order valence-electron chi connectivity index (χ4n) is 2.22. The van der Waals surface area contributed by atoms with Crippen molar-refractivity contribution in [2.45, 2.75) is 20.0 Å². The molecule has 1 atom stereocenters. The number of anilines is 1. The lowest BCUT2D eigenvalue weighted by Gasteiger charge is -2.15. The Morgan fingerprint density at radius 3 is 2.54 bits per heavy atom. The molecule has 0 saturated heterocycles. The molecule has 8 nitrogen and oxygen atoms in total. The van der Waals surface area contributed by atoms with Gasteiger partial charge >= 0.3 is 11.7 Å². The molecule has 0 aliphatic heterocycles. The number of hydrogen-bond donors (Lipinski definition) is 1. The Kier molecular flexibility index (Phi) is 5.90. The van der Waals surface area contributed by atoms with E-state index in [9.17, 15) is 19.7 Å². The highest BCUT2D eigenvalue weighted by atomic mass is 16.6. The molecule has 0 aromatic heterocycles. The molecule has 0 radical (unpaired) electrons. The quantitative estimate of drug-likeness (QED) is 0.483. The number of benzene rings is 2. The third kappa shape index (κ3) is 4.56. The van der Waals surface area contributed by atoms with Gasteiger partial charge in [-0.15, -0.1) is 0 Å². The summed E-state index contributed by atoms with van der Waals surface area (Å²) in [4.78, 5) is 34.3. The number of amides is 1. The van der Waals surface area contributed by atoms with E-state index in [1.807, 2.05) is 13.0 Å². The molecule has 0 aliphatic rings. The lowest BCUT2D eigenvalue weighted by molar-refractivity contribution is -0.386. The average molecular weight is 358 g/mol. The summed E-state index contributed by atoms with van der Waals surface area (Å²) in [7, 11) is 1.18. The topological polar surface area (TPSA) is 108 Å². The Morgan fingerprint density at radius 1 is 1.19 bits per heavy atom. The van der Waals surface area contributed by atoms with E-state index in [-0.39, 0.29) is 11.3 Å². The average Bonchev–Trinajstić information content (AvgIpc) is 2.61. The second kappa shape index (κ2) is 8.11. The van der Waals surface area contributed by atoms with Crippen molar-refractivity contribution < 1.29 is 24.0 Å². The van der Waals surface area contributed by atoms with Crippen molar-refractivity contribution in [3.63, 3.8) is 0 Å². The first-order valence-electron chi connectivity index (χ1n) is 7.72. The van der Waals surface area contributed by atoms with Gasteiger partial charge in [0.1, 0.15) is 0 Å². The molecule has 0 bridgehead atoms. The van der Waals surface area contributed by atoms with Crippen molar-refractivity contribution >= 4 is 23.3 Å². The van der Waals surface area contributed by atoms with Crippen LogP contribution in [0.5, 0.6) is 5.75 Å². The summed E-state index contributed by atoms with van der Waals surface area (Å²) in [5.41, 5.74) is 1.16. The molecular weight excluding hydrogens is 340 g/mol. The summed E-state index contributed by atoms with van der Waals surface area (Å²) in [5, 5.41) is 13.9. The summed E-state index contributed by atoms with van der Waals surface area (Å²) in [6.45, 7) is 3.37. The van der Waals surface area contributed by atoms with Gasteiger partial charge in [0, 0.05) is 11.8 Å². The Morgan fingerprint density at radius 2 is 1.92 bits per heavy atom. The van der Waals surface area contributed by atoms with Gasteiger partial charge in [0.2, 0.25) is 0 Å². The van der Waals surface area contributed by atoms with E-state index in [1.165, 1.54) is 26.2 Å². The molecule has 2 aromatic carbocycles. The van der Waals surface area contributed by atoms with Crippen LogP contribution in [0.3, 0.4) is 0 Å². The molecule has 8 heteroatoms. The van der Waals surface area contributed by atoms with Gasteiger partial charge in [0.05, 0.1) is 17.6 Å². The number of hydrogen-bond acceptors (Lipinski definition) is 6. The third-order valence-electron chi connectivity index (χ3n) is 3.54. The number of nitro benzene ring substituents is 1. The Balaban J connectivity index is 2.17. The smallest absolute Gasteiger partial charge is 0.338 e. The first kappa shape index (κ1) is 18.9. The highest BCUT2D eigenvalue weighted by molar-refractivity contribution is 5.94. The van der Waals surface area contributed by atoms with Gasteiger partial charge in [-0.1, -0.05) is 12.1 Å². The number of aryl methyl sites for hydroxylation is 1. The largest absolute Gasteiger partial charge is 0.474 e. The van der Waals surface area contributed by atoms with E-state index in [1.54, 1.807) is 18.2 Å². The third-order valence-corrected chi connectivity index (χ3v) is 3.54. The number of nitrogens with zero attached hydrogens (tertiary/aromatic N) is 1. The van der Waals surface area contributed by atoms with Crippen molar-refractivity contribution in [1.29, 1.82) is 0 Å². The van der Waals surface area contributed by atoms with Gasteiger partial charge in [0.15, 0.2) is 11.9 Å². The number of methoxy groups -OCH3 is 1. The molecule has 0 fully saturated rings. The zero-order valence-corrected chi connectivity index (χ0v) is 14.5. The summed E-state index contributed by atoms with van der Waals surface area (Å²) in [6, 6.07) is 10.9. The summed E-state index contributed by atoms with van der Waals surface area (Å²) in [6.07, 6.45) is -0.988. The summed E-state index contributed by atoms with van der Waals surface area (Å²) >= 11 is 0. The van der Waals surface area contributed by atoms with E-state index in [0.29, 0.717) is 5.69 Å². The van der Waals surface area contributed by atoms with Crippen LogP contribution in [-0.4, -0.2) is 30.0 Å². The van der Waals surface area contributed by atoms with Crippen molar-refractivity contribution in [3.05, 3.63) is 63.7 Å². The number of esters is 1. The van der Waals surface area contributed by atoms with Gasteiger partial charge < -0.3 is 14.8 Å². The predicted molar refractivity (Wildman–Crippen MR) is 94.3 cm³/mol. The van der Waals surface area contributed by atoms with Crippen LogP contribution in [0.2, 0.25) is 0 Å². The molecule has 0 saturated carbocycles. The number of nitrogens with one attached hydrogen (secondary N) is 1. The maximum Gasteiger partial charge on any atom is 0.338 e. The SMILES string of the molecule is COC(=O)c1ccc(O[C@@H](C)C(=O)Nc2cccc(C)c2)c([N+](=O)[O-])c1. The minimum Gasteiger partial charge on any atom is -0.474 e. The Hall–Kier alpha value is -3.42.